The number of hydrogen-bond acceptors (Lipinski definition) is 3. The molecule has 1 fully saturated rings. The van der Waals surface area contributed by atoms with E-state index in [-0.39, 0.29) is 29.7 Å². The number of nitrogens with zero attached hydrogens (tertiary/aromatic N) is 1. The minimum atomic E-state index is -0.429. The van der Waals surface area contributed by atoms with E-state index < -0.39 is 12.1 Å². The molecule has 0 aromatic carbocycles. The van der Waals surface area contributed by atoms with Gasteiger partial charge in [0.2, 0.25) is 11.8 Å². The van der Waals surface area contributed by atoms with Crippen LogP contribution in [0.4, 0.5) is 0 Å². The van der Waals surface area contributed by atoms with Crippen LogP contribution in [0, 0.1) is 11.8 Å². The summed E-state index contributed by atoms with van der Waals surface area (Å²) in [6.45, 7) is 10.3. The van der Waals surface area contributed by atoms with Gasteiger partial charge in [0.05, 0.1) is 12.6 Å². The minimum absolute atomic E-state index is 0.00875. The van der Waals surface area contributed by atoms with Crippen LogP contribution in [0.25, 0.3) is 0 Å². The fourth-order valence-corrected chi connectivity index (χ4v) is 2.74. The average Bonchev–Trinajstić information content (AvgIpc) is 2.39. The number of ether oxygens (including phenoxy) is 1. The van der Waals surface area contributed by atoms with E-state index in [1.807, 2.05) is 34.6 Å². The first kappa shape index (κ1) is 17.0. The van der Waals surface area contributed by atoms with Crippen LogP contribution in [0.3, 0.4) is 0 Å². The Bertz CT molecular complexity index is 357. The van der Waals surface area contributed by atoms with E-state index in [4.69, 9.17) is 4.74 Å². The van der Waals surface area contributed by atoms with Gasteiger partial charge in [0.15, 0.2) is 0 Å². The zero-order valence-electron chi connectivity index (χ0n) is 13.5. The maximum atomic E-state index is 12.7. The van der Waals surface area contributed by atoms with Gasteiger partial charge in [-0.15, -0.1) is 0 Å². The highest BCUT2D eigenvalue weighted by molar-refractivity contribution is 5.97. The second kappa shape index (κ2) is 7.07. The molecule has 0 bridgehead atoms. The molecule has 1 N–H and O–H groups in total. The number of hydrogen-bond donors (Lipinski definition) is 1. The first-order valence-electron chi connectivity index (χ1n) is 7.46. The molecule has 1 heterocycles. The largest absolute Gasteiger partial charge is 0.383 e. The summed E-state index contributed by atoms with van der Waals surface area (Å²) in [7, 11) is 1.61. The molecule has 0 aromatic rings. The van der Waals surface area contributed by atoms with Crippen LogP contribution in [-0.2, 0) is 14.3 Å². The van der Waals surface area contributed by atoms with Crippen molar-refractivity contribution in [1.82, 2.24) is 10.2 Å². The third kappa shape index (κ3) is 3.32. The van der Waals surface area contributed by atoms with Crippen LogP contribution in [0.15, 0.2) is 0 Å². The van der Waals surface area contributed by atoms with Crippen molar-refractivity contribution in [3.05, 3.63) is 0 Å². The topological polar surface area (TPSA) is 58.6 Å². The van der Waals surface area contributed by atoms with E-state index in [1.54, 1.807) is 12.0 Å². The number of carbonyl (C=O) groups excluding carboxylic acids is 2. The van der Waals surface area contributed by atoms with Gasteiger partial charge in [0.1, 0.15) is 12.1 Å². The predicted octanol–water partition coefficient (Wildman–Crippen LogP) is 1.42. The monoisotopic (exact) mass is 284 g/mol. The normalized spacial score (nSPS) is 26.6. The second-order valence-corrected chi connectivity index (χ2v) is 6.11. The Morgan fingerprint density at radius 1 is 1.25 bits per heavy atom. The molecule has 1 rings (SSSR count). The lowest BCUT2D eigenvalue weighted by Crippen LogP contribution is -2.68. The summed E-state index contributed by atoms with van der Waals surface area (Å²) in [5.41, 5.74) is 0. The minimum Gasteiger partial charge on any atom is -0.383 e. The maximum absolute atomic E-state index is 12.7. The number of rotatable bonds is 6. The second-order valence-electron chi connectivity index (χ2n) is 6.11. The predicted molar refractivity (Wildman–Crippen MR) is 78.2 cm³/mol. The Kier molecular flexibility index (Phi) is 5.99. The first-order valence-corrected chi connectivity index (χ1v) is 7.46. The fourth-order valence-electron chi connectivity index (χ4n) is 2.74. The zero-order valence-corrected chi connectivity index (χ0v) is 13.5. The summed E-state index contributed by atoms with van der Waals surface area (Å²) in [6, 6.07) is -0.923. The molecule has 0 aromatic heterocycles. The van der Waals surface area contributed by atoms with Crippen LogP contribution >= 0.6 is 0 Å². The Balaban J connectivity index is 3.09. The van der Waals surface area contributed by atoms with Crippen LogP contribution in [-0.4, -0.2) is 48.6 Å². The molecule has 0 spiro atoms. The Labute approximate surface area is 122 Å². The SMILES string of the molecule is CCC(C)C1C(=O)NC(C(C)C)C(=O)N1C(C)COC. The van der Waals surface area contributed by atoms with Gasteiger partial charge in [-0.25, -0.2) is 0 Å². The summed E-state index contributed by atoms with van der Waals surface area (Å²) in [5.74, 6) is 0.183. The number of piperazine rings is 1. The van der Waals surface area contributed by atoms with Gasteiger partial charge < -0.3 is 15.0 Å². The lowest BCUT2D eigenvalue weighted by molar-refractivity contribution is -0.156. The summed E-state index contributed by atoms with van der Waals surface area (Å²) < 4.78 is 5.17. The highest BCUT2D eigenvalue weighted by atomic mass is 16.5. The van der Waals surface area contributed by atoms with Crippen molar-refractivity contribution in [1.29, 1.82) is 0 Å². The van der Waals surface area contributed by atoms with E-state index in [2.05, 4.69) is 5.32 Å². The maximum Gasteiger partial charge on any atom is 0.246 e. The van der Waals surface area contributed by atoms with Crippen molar-refractivity contribution in [3.63, 3.8) is 0 Å². The van der Waals surface area contributed by atoms with Crippen LogP contribution in [0.2, 0.25) is 0 Å². The van der Waals surface area contributed by atoms with E-state index in [0.717, 1.165) is 6.42 Å². The summed E-state index contributed by atoms with van der Waals surface area (Å²) >= 11 is 0. The zero-order chi connectivity index (χ0) is 15.4. The molecule has 0 aliphatic carbocycles. The van der Waals surface area contributed by atoms with Crippen LogP contribution in [0.5, 0.6) is 0 Å². The Hall–Kier alpha value is -1.10. The van der Waals surface area contributed by atoms with Crippen molar-refractivity contribution >= 4 is 11.8 Å². The number of nitrogens with one attached hydrogen (secondary N) is 1. The lowest BCUT2D eigenvalue weighted by Gasteiger charge is -2.45. The summed E-state index contributed by atoms with van der Waals surface area (Å²) in [4.78, 5) is 26.9. The Morgan fingerprint density at radius 3 is 2.30 bits per heavy atom. The molecular weight excluding hydrogens is 256 g/mol. The highest BCUT2D eigenvalue weighted by Gasteiger charge is 2.45. The summed E-state index contributed by atoms with van der Waals surface area (Å²) in [6.07, 6.45) is 0.855. The molecule has 2 amide bonds. The highest BCUT2D eigenvalue weighted by Crippen LogP contribution is 2.24. The molecular formula is C15H28N2O3. The van der Waals surface area contributed by atoms with E-state index in [0.29, 0.717) is 6.61 Å². The Morgan fingerprint density at radius 2 is 1.85 bits per heavy atom. The van der Waals surface area contributed by atoms with E-state index >= 15 is 0 Å². The van der Waals surface area contributed by atoms with Gasteiger partial charge >= 0.3 is 0 Å². The lowest BCUT2D eigenvalue weighted by atomic mass is 9.89. The third-order valence-electron chi connectivity index (χ3n) is 4.12. The molecule has 1 saturated heterocycles. The van der Waals surface area contributed by atoms with Gasteiger partial charge in [0.25, 0.3) is 0 Å². The molecule has 5 nitrogen and oxygen atoms in total. The average molecular weight is 284 g/mol. The number of carbonyl (C=O) groups is 2. The third-order valence-corrected chi connectivity index (χ3v) is 4.12. The van der Waals surface area contributed by atoms with Gasteiger partial charge in [-0.3, -0.25) is 9.59 Å². The fraction of sp³-hybridized carbons (Fsp3) is 0.867. The van der Waals surface area contributed by atoms with Gasteiger partial charge in [-0.1, -0.05) is 34.1 Å². The molecule has 4 unspecified atom stereocenters. The van der Waals surface area contributed by atoms with Gasteiger partial charge in [0, 0.05) is 7.11 Å². The van der Waals surface area contributed by atoms with Crippen molar-refractivity contribution < 1.29 is 14.3 Å². The summed E-state index contributed by atoms with van der Waals surface area (Å²) in [5, 5.41) is 2.89. The van der Waals surface area contributed by atoms with E-state index in [9.17, 15) is 9.59 Å². The first-order chi connectivity index (χ1) is 9.34. The number of methoxy groups -OCH3 is 1. The van der Waals surface area contributed by atoms with Crippen LogP contribution in [0.1, 0.15) is 41.0 Å². The van der Waals surface area contributed by atoms with Gasteiger partial charge in [-0.2, -0.15) is 0 Å². The molecule has 116 valence electrons. The molecule has 0 saturated carbocycles. The molecule has 20 heavy (non-hydrogen) atoms. The van der Waals surface area contributed by atoms with E-state index in [1.165, 1.54) is 0 Å². The molecule has 0 radical (unpaired) electrons. The van der Waals surface area contributed by atoms with Crippen molar-refractivity contribution in [2.45, 2.75) is 59.2 Å². The molecule has 5 heteroatoms. The van der Waals surface area contributed by atoms with Crippen LogP contribution < -0.4 is 5.32 Å². The standard InChI is InChI=1S/C15H28N2O3/c1-7-10(4)13-14(18)16-12(9(2)3)15(19)17(13)11(5)8-20-6/h9-13H,7-8H2,1-6H3,(H,16,18). The van der Waals surface area contributed by atoms with Crippen molar-refractivity contribution in [2.75, 3.05) is 13.7 Å². The molecule has 1 aliphatic rings. The molecule has 4 atom stereocenters. The van der Waals surface area contributed by atoms with Crippen molar-refractivity contribution in [3.8, 4) is 0 Å². The molecule has 1 aliphatic heterocycles. The number of amides is 2. The van der Waals surface area contributed by atoms with Crippen molar-refractivity contribution in [2.24, 2.45) is 11.8 Å². The quantitative estimate of drug-likeness (QED) is 0.802. The van der Waals surface area contributed by atoms with Gasteiger partial charge in [-0.05, 0) is 18.8 Å². The smallest absolute Gasteiger partial charge is 0.246 e.